The molecule has 1 N–H and O–H groups in total. The van der Waals surface area contributed by atoms with Crippen molar-refractivity contribution < 1.29 is 8.42 Å². The highest BCUT2D eigenvalue weighted by Crippen LogP contribution is 2.26. The zero-order valence-electron chi connectivity index (χ0n) is 12.2. The van der Waals surface area contributed by atoms with E-state index in [1.165, 1.54) is 0 Å². The van der Waals surface area contributed by atoms with Crippen LogP contribution in [0.5, 0.6) is 0 Å². The van der Waals surface area contributed by atoms with Gasteiger partial charge in [-0.1, -0.05) is 27.2 Å². The van der Waals surface area contributed by atoms with Gasteiger partial charge in [-0.05, 0) is 38.3 Å². The van der Waals surface area contributed by atoms with E-state index in [9.17, 15) is 8.42 Å². The lowest BCUT2D eigenvalue weighted by Gasteiger charge is -2.36. The Hall–Kier alpha value is -0.130. The van der Waals surface area contributed by atoms with Gasteiger partial charge in [-0.2, -0.15) is 4.31 Å². The molecular weight excluding hydrogens is 248 g/mol. The zero-order valence-corrected chi connectivity index (χ0v) is 13.0. The van der Waals surface area contributed by atoms with Crippen LogP contribution in [0.3, 0.4) is 0 Å². The molecule has 1 saturated heterocycles. The molecule has 0 amide bonds. The molecule has 1 rings (SSSR count). The van der Waals surface area contributed by atoms with Gasteiger partial charge in [0.2, 0.25) is 10.0 Å². The molecule has 0 aromatic heterocycles. The Labute approximate surface area is 112 Å². The molecule has 0 aromatic rings. The second kappa shape index (κ2) is 6.35. The first-order valence-electron chi connectivity index (χ1n) is 6.90. The van der Waals surface area contributed by atoms with E-state index in [1.807, 2.05) is 27.8 Å². The van der Waals surface area contributed by atoms with E-state index in [4.69, 9.17) is 0 Å². The van der Waals surface area contributed by atoms with Gasteiger partial charge in [0.25, 0.3) is 0 Å². The van der Waals surface area contributed by atoms with Gasteiger partial charge >= 0.3 is 0 Å². The van der Waals surface area contributed by atoms with Crippen molar-refractivity contribution in [2.24, 2.45) is 5.41 Å². The summed E-state index contributed by atoms with van der Waals surface area (Å²) in [5, 5.41) is 3.11. The lowest BCUT2D eigenvalue weighted by molar-refractivity contribution is 0.237. The van der Waals surface area contributed by atoms with Crippen molar-refractivity contribution in [3.8, 4) is 0 Å². The monoisotopic (exact) mass is 276 g/mol. The first-order chi connectivity index (χ1) is 8.26. The molecule has 1 aliphatic rings. The predicted molar refractivity (Wildman–Crippen MR) is 76.1 cm³/mol. The van der Waals surface area contributed by atoms with Crippen LogP contribution in [0.4, 0.5) is 0 Å². The van der Waals surface area contributed by atoms with E-state index in [2.05, 4.69) is 5.32 Å². The molecular formula is C13H28N2O2S. The molecule has 0 saturated carbocycles. The summed E-state index contributed by atoms with van der Waals surface area (Å²) in [5.74, 6) is 0.246. The second-order valence-corrected chi connectivity index (χ2v) is 8.39. The third-order valence-electron chi connectivity index (χ3n) is 3.27. The van der Waals surface area contributed by atoms with Crippen LogP contribution in [0.1, 0.15) is 46.5 Å². The van der Waals surface area contributed by atoms with Crippen molar-refractivity contribution in [2.45, 2.75) is 52.5 Å². The summed E-state index contributed by atoms with van der Waals surface area (Å²) >= 11 is 0. The highest BCUT2D eigenvalue weighted by atomic mass is 32.2. The smallest absolute Gasteiger partial charge is 0.214 e. The highest BCUT2D eigenvalue weighted by Gasteiger charge is 2.34. The standard InChI is InChI=1S/C13H28N2O2S/c1-13(2,3)11-18(16,17)15-10-6-5-7-12(15)8-9-14-4/h12,14H,5-11H2,1-4H3. The minimum Gasteiger partial charge on any atom is -0.320 e. The molecule has 1 unspecified atom stereocenters. The Morgan fingerprint density at radius 3 is 2.50 bits per heavy atom. The summed E-state index contributed by atoms with van der Waals surface area (Å²) < 4.78 is 26.7. The lowest BCUT2D eigenvalue weighted by atomic mass is 10.0. The summed E-state index contributed by atoms with van der Waals surface area (Å²) in [4.78, 5) is 0. The van der Waals surface area contributed by atoms with Crippen LogP contribution < -0.4 is 5.32 Å². The van der Waals surface area contributed by atoms with Crippen LogP contribution >= 0.6 is 0 Å². The Kier molecular flexibility index (Phi) is 5.62. The number of nitrogens with one attached hydrogen (secondary N) is 1. The molecule has 108 valence electrons. The maximum atomic E-state index is 12.5. The van der Waals surface area contributed by atoms with Crippen LogP contribution in [0.15, 0.2) is 0 Å². The molecule has 18 heavy (non-hydrogen) atoms. The van der Waals surface area contributed by atoms with E-state index < -0.39 is 10.0 Å². The summed E-state index contributed by atoms with van der Waals surface area (Å²) in [5.41, 5.74) is -0.177. The number of sulfonamides is 1. The third kappa shape index (κ3) is 4.86. The summed E-state index contributed by atoms with van der Waals surface area (Å²) in [6, 6.07) is 0.193. The average molecular weight is 276 g/mol. The first-order valence-corrected chi connectivity index (χ1v) is 8.51. The van der Waals surface area contributed by atoms with Gasteiger partial charge in [-0.25, -0.2) is 8.42 Å². The van der Waals surface area contributed by atoms with Gasteiger partial charge in [0.05, 0.1) is 5.75 Å². The lowest BCUT2D eigenvalue weighted by Crippen LogP contribution is -2.47. The molecule has 1 aliphatic heterocycles. The van der Waals surface area contributed by atoms with Gasteiger partial charge in [-0.15, -0.1) is 0 Å². The average Bonchev–Trinajstić information content (AvgIpc) is 2.23. The minimum absolute atomic E-state index is 0.177. The maximum absolute atomic E-state index is 12.5. The number of piperidine rings is 1. The normalized spacial score (nSPS) is 23.2. The van der Waals surface area contributed by atoms with E-state index in [-0.39, 0.29) is 17.2 Å². The Bertz CT molecular complexity index is 346. The molecule has 0 radical (unpaired) electrons. The quantitative estimate of drug-likeness (QED) is 0.833. The fraction of sp³-hybridized carbons (Fsp3) is 1.00. The van der Waals surface area contributed by atoms with Crippen LogP contribution in [-0.2, 0) is 10.0 Å². The predicted octanol–water partition coefficient (Wildman–Crippen LogP) is 1.83. The molecule has 0 spiro atoms. The third-order valence-corrected chi connectivity index (χ3v) is 5.70. The van der Waals surface area contributed by atoms with Gasteiger partial charge < -0.3 is 5.32 Å². The van der Waals surface area contributed by atoms with Crippen molar-refractivity contribution in [3.63, 3.8) is 0 Å². The number of hydrogen-bond donors (Lipinski definition) is 1. The summed E-state index contributed by atoms with van der Waals surface area (Å²) in [6.45, 7) is 7.53. The Balaban J connectivity index is 2.76. The van der Waals surface area contributed by atoms with Gasteiger partial charge in [0.15, 0.2) is 0 Å². The van der Waals surface area contributed by atoms with Crippen LogP contribution in [0, 0.1) is 5.41 Å². The fourth-order valence-corrected chi connectivity index (χ4v) is 4.90. The van der Waals surface area contributed by atoms with E-state index in [0.29, 0.717) is 6.54 Å². The second-order valence-electron chi connectivity index (χ2n) is 6.47. The molecule has 0 aromatic carbocycles. The van der Waals surface area contributed by atoms with Crippen molar-refractivity contribution in [1.82, 2.24) is 9.62 Å². The van der Waals surface area contributed by atoms with Gasteiger partial charge in [0, 0.05) is 12.6 Å². The fourth-order valence-electron chi connectivity index (χ4n) is 2.57. The number of rotatable bonds is 5. The Morgan fingerprint density at radius 1 is 1.28 bits per heavy atom. The largest absolute Gasteiger partial charge is 0.320 e. The van der Waals surface area contributed by atoms with E-state index >= 15 is 0 Å². The Morgan fingerprint density at radius 2 is 1.94 bits per heavy atom. The van der Waals surface area contributed by atoms with Crippen molar-refractivity contribution in [3.05, 3.63) is 0 Å². The highest BCUT2D eigenvalue weighted by molar-refractivity contribution is 7.89. The summed E-state index contributed by atoms with van der Waals surface area (Å²) in [6.07, 6.45) is 4.07. The zero-order chi connectivity index (χ0) is 13.8. The SMILES string of the molecule is CNCCC1CCCCN1S(=O)(=O)CC(C)(C)C. The molecule has 4 nitrogen and oxygen atoms in total. The van der Waals surface area contributed by atoms with E-state index in [0.717, 1.165) is 32.2 Å². The maximum Gasteiger partial charge on any atom is 0.214 e. The minimum atomic E-state index is -3.12. The van der Waals surface area contributed by atoms with Crippen LogP contribution in [0.2, 0.25) is 0 Å². The molecule has 5 heteroatoms. The molecule has 1 heterocycles. The first kappa shape index (κ1) is 15.9. The molecule has 0 aliphatic carbocycles. The van der Waals surface area contributed by atoms with Crippen LogP contribution in [0.25, 0.3) is 0 Å². The number of hydrogen-bond acceptors (Lipinski definition) is 3. The number of nitrogens with zero attached hydrogens (tertiary/aromatic N) is 1. The topological polar surface area (TPSA) is 49.4 Å². The van der Waals surface area contributed by atoms with Crippen LogP contribution in [-0.4, -0.2) is 44.7 Å². The molecule has 1 atom stereocenters. The van der Waals surface area contributed by atoms with Crippen molar-refractivity contribution in [1.29, 1.82) is 0 Å². The van der Waals surface area contributed by atoms with E-state index in [1.54, 1.807) is 4.31 Å². The van der Waals surface area contributed by atoms with Crippen molar-refractivity contribution in [2.75, 3.05) is 25.9 Å². The van der Waals surface area contributed by atoms with Gasteiger partial charge in [0.1, 0.15) is 0 Å². The van der Waals surface area contributed by atoms with Crippen molar-refractivity contribution >= 4 is 10.0 Å². The summed E-state index contributed by atoms with van der Waals surface area (Å²) in [7, 11) is -1.20. The molecule has 1 fully saturated rings. The van der Waals surface area contributed by atoms with Gasteiger partial charge in [-0.3, -0.25) is 0 Å². The molecule has 0 bridgehead atoms.